The first-order chi connectivity index (χ1) is 17.0. The Morgan fingerprint density at radius 2 is 1.60 bits per heavy atom. The number of likely N-dealkylation sites (N-methyl/N-ethyl adjacent to an activating group) is 1. The van der Waals surface area contributed by atoms with Crippen molar-refractivity contribution in [3.63, 3.8) is 0 Å². The normalized spacial score (nSPS) is 17.8. The quantitative estimate of drug-likeness (QED) is 0.462. The number of anilines is 3. The van der Waals surface area contributed by atoms with Gasteiger partial charge in [-0.25, -0.2) is 4.39 Å². The van der Waals surface area contributed by atoms with E-state index in [2.05, 4.69) is 0 Å². The molecule has 0 aromatic heterocycles. The van der Waals surface area contributed by atoms with Crippen LogP contribution in [0.1, 0.15) is 43.7 Å². The highest BCUT2D eigenvalue weighted by Gasteiger charge is 2.45. The van der Waals surface area contributed by atoms with Crippen molar-refractivity contribution < 1.29 is 14.0 Å². The highest BCUT2D eigenvalue weighted by Crippen LogP contribution is 2.44. The number of para-hydroxylation sites is 2. The minimum Gasteiger partial charge on any atom is -0.365 e. The fraction of sp³-hybridized carbons (Fsp3) is 0.310. The van der Waals surface area contributed by atoms with Crippen molar-refractivity contribution >= 4 is 28.9 Å². The van der Waals surface area contributed by atoms with Gasteiger partial charge in [0.15, 0.2) is 0 Å². The Morgan fingerprint density at radius 3 is 2.34 bits per heavy atom. The fourth-order valence-corrected chi connectivity index (χ4v) is 5.40. The van der Waals surface area contributed by atoms with E-state index in [4.69, 9.17) is 0 Å². The molecule has 0 saturated heterocycles. The summed E-state index contributed by atoms with van der Waals surface area (Å²) in [5, 5.41) is 0. The van der Waals surface area contributed by atoms with Gasteiger partial charge in [-0.2, -0.15) is 0 Å². The van der Waals surface area contributed by atoms with Gasteiger partial charge in [-0.3, -0.25) is 14.5 Å². The molecule has 0 spiro atoms. The molecule has 1 aliphatic carbocycles. The highest BCUT2D eigenvalue weighted by atomic mass is 19.1. The Balaban J connectivity index is 1.54. The lowest BCUT2D eigenvalue weighted by Gasteiger charge is -2.34. The summed E-state index contributed by atoms with van der Waals surface area (Å²) in [4.78, 5) is 33.1. The summed E-state index contributed by atoms with van der Waals surface area (Å²) in [5.74, 6) is -0.821. The average Bonchev–Trinajstić information content (AvgIpc) is 3.17. The van der Waals surface area contributed by atoms with E-state index in [0.29, 0.717) is 5.69 Å². The lowest BCUT2D eigenvalue weighted by molar-refractivity contribution is -0.124. The first-order valence-corrected chi connectivity index (χ1v) is 12.3. The maximum absolute atomic E-state index is 14.3. The molecule has 0 radical (unpaired) electrons. The topological polar surface area (TPSA) is 43.9 Å². The molecule has 1 atom stereocenters. The third-order valence-corrected chi connectivity index (χ3v) is 7.08. The van der Waals surface area contributed by atoms with E-state index in [9.17, 15) is 14.0 Å². The lowest BCUT2D eigenvalue weighted by Crippen LogP contribution is -2.47. The largest absolute Gasteiger partial charge is 0.365 e. The molecule has 0 N–H and O–H groups in total. The van der Waals surface area contributed by atoms with Gasteiger partial charge >= 0.3 is 0 Å². The molecule has 2 amide bonds. The maximum atomic E-state index is 14.3. The zero-order valence-electron chi connectivity index (χ0n) is 19.9. The predicted molar refractivity (Wildman–Crippen MR) is 137 cm³/mol. The summed E-state index contributed by atoms with van der Waals surface area (Å²) in [6, 6.07) is 22.6. The van der Waals surface area contributed by atoms with Crippen molar-refractivity contribution in [2.24, 2.45) is 0 Å². The van der Waals surface area contributed by atoms with E-state index >= 15 is 0 Å². The number of carbonyl (C=O) groups excluding carboxylic acids is 2. The van der Waals surface area contributed by atoms with E-state index in [1.165, 1.54) is 23.5 Å². The van der Waals surface area contributed by atoms with Crippen molar-refractivity contribution in [2.75, 3.05) is 28.3 Å². The highest BCUT2D eigenvalue weighted by molar-refractivity contribution is 6.12. The second kappa shape index (κ2) is 9.90. The number of halogens is 1. The van der Waals surface area contributed by atoms with Gasteiger partial charge in [0.2, 0.25) is 5.91 Å². The zero-order chi connectivity index (χ0) is 24.4. The molecule has 1 heterocycles. The van der Waals surface area contributed by atoms with E-state index in [-0.39, 0.29) is 24.4 Å². The van der Waals surface area contributed by atoms with Gasteiger partial charge < -0.3 is 9.80 Å². The first-order valence-electron chi connectivity index (χ1n) is 12.3. The van der Waals surface area contributed by atoms with Crippen LogP contribution >= 0.6 is 0 Å². The fourth-order valence-electron chi connectivity index (χ4n) is 5.40. The average molecular weight is 472 g/mol. The number of nitrogens with zero attached hydrogens (tertiary/aromatic N) is 3. The Bertz CT molecular complexity index is 1210. The number of rotatable bonds is 6. The minimum absolute atomic E-state index is 0.0515. The third-order valence-electron chi connectivity index (χ3n) is 7.08. The van der Waals surface area contributed by atoms with Gasteiger partial charge in [0.05, 0.1) is 6.54 Å². The van der Waals surface area contributed by atoms with Crippen molar-refractivity contribution in [1.82, 2.24) is 0 Å². The van der Waals surface area contributed by atoms with Gasteiger partial charge in [0.25, 0.3) is 5.91 Å². The van der Waals surface area contributed by atoms with Crippen LogP contribution in [0.15, 0.2) is 78.9 Å². The summed E-state index contributed by atoms with van der Waals surface area (Å²) in [6.45, 7) is 0.0515. The van der Waals surface area contributed by atoms with Crippen molar-refractivity contribution in [2.45, 2.75) is 44.2 Å². The number of benzene rings is 3. The molecule has 6 heteroatoms. The van der Waals surface area contributed by atoms with Crippen LogP contribution in [-0.4, -0.2) is 31.4 Å². The molecule has 3 aromatic rings. The summed E-state index contributed by atoms with van der Waals surface area (Å²) in [6.07, 6.45) is 5.28. The van der Waals surface area contributed by atoms with Crippen LogP contribution in [0, 0.1) is 5.82 Å². The second-order valence-corrected chi connectivity index (χ2v) is 9.40. The van der Waals surface area contributed by atoms with Crippen molar-refractivity contribution in [1.29, 1.82) is 0 Å². The van der Waals surface area contributed by atoms with Crippen LogP contribution < -0.4 is 14.7 Å². The summed E-state index contributed by atoms with van der Waals surface area (Å²) >= 11 is 0. The van der Waals surface area contributed by atoms with Gasteiger partial charge in [0, 0.05) is 35.7 Å². The molecule has 35 heavy (non-hydrogen) atoms. The van der Waals surface area contributed by atoms with Crippen LogP contribution in [-0.2, 0) is 9.59 Å². The molecule has 3 aromatic carbocycles. The van der Waals surface area contributed by atoms with Crippen LogP contribution in [0.3, 0.4) is 0 Å². The molecule has 1 saturated carbocycles. The third kappa shape index (κ3) is 4.53. The molecule has 0 bridgehead atoms. The van der Waals surface area contributed by atoms with E-state index in [1.54, 1.807) is 12.1 Å². The molecule has 2 aliphatic rings. The molecule has 1 fully saturated rings. The summed E-state index contributed by atoms with van der Waals surface area (Å²) in [5.41, 5.74) is 2.93. The predicted octanol–water partition coefficient (Wildman–Crippen LogP) is 5.72. The molecule has 1 aliphatic heterocycles. The van der Waals surface area contributed by atoms with Crippen LogP contribution in [0.5, 0.6) is 0 Å². The molecule has 5 rings (SSSR count). The molecule has 5 nitrogen and oxygen atoms in total. The SMILES string of the molecule is CN(CC(=O)N(c1cccc(F)c1)C1C(=O)N(C2CCCCC2)c2ccccc21)c1ccccc1. The number of carbonyl (C=O) groups is 2. The number of amides is 2. The summed E-state index contributed by atoms with van der Waals surface area (Å²) < 4.78 is 14.3. The van der Waals surface area contributed by atoms with Gasteiger partial charge in [-0.15, -0.1) is 0 Å². The smallest absolute Gasteiger partial charge is 0.255 e. The minimum atomic E-state index is -0.827. The zero-order valence-corrected chi connectivity index (χ0v) is 19.9. The van der Waals surface area contributed by atoms with Crippen molar-refractivity contribution in [3.05, 3.63) is 90.2 Å². The van der Waals surface area contributed by atoms with E-state index in [1.807, 2.05) is 71.4 Å². The Kier molecular flexibility index (Phi) is 6.53. The number of hydrogen-bond donors (Lipinski definition) is 0. The molecule has 1 unspecified atom stereocenters. The second-order valence-electron chi connectivity index (χ2n) is 9.40. The summed E-state index contributed by atoms with van der Waals surface area (Å²) in [7, 11) is 1.84. The van der Waals surface area contributed by atoms with Crippen LogP contribution in [0.4, 0.5) is 21.5 Å². The van der Waals surface area contributed by atoms with E-state index in [0.717, 1.165) is 42.6 Å². The monoisotopic (exact) mass is 471 g/mol. The van der Waals surface area contributed by atoms with Crippen LogP contribution in [0.25, 0.3) is 0 Å². The standard InChI is InChI=1S/C29H30FN3O2/c1-31(22-12-4-2-5-13-22)20-27(34)33(24-16-10-11-21(30)19-24)28-25-17-8-9-18-26(25)32(29(28)35)23-14-6-3-7-15-23/h2,4-5,8-13,16-19,23,28H,3,6-7,14-15,20H2,1H3. The van der Waals surface area contributed by atoms with Gasteiger partial charge in [0.1, 0.15) is 11.9 Å². The van der Waals surface area contributed by atoms with Gasteiger partial charge in [-0.05, 0) is 49.2 Å². The van der Waals surface area contributed by atoms with Gasteiger partial charge in [-0.1, -0.05) is 61.7 Å². The van der Waals surface area contributed by atoms with E-state index < -0.39 is 11.9 Å². The maximum Gasteiger partial charge on any atom is 0.255 e. The van der Waals surface area contributed by atoms with Crippen LogP contribution in [0.2, 0.25) is 0 Å². The molecule has 180 valence electrons. The number of fused-ring (bicyclic) bond motifs is 1. The molecular weight excluding hydrogens is 441 g/mol. The Morgan fingerprint density at radius 1 is 0.914 bits per heavy atom. The Labute approximate surface area is 205 Å². The first kappa shape index (κ1) is 23.1. The Hall–Kier alpha value is -3.67. The number of hydrogen-bond acceptors (Lipinski definition) is 3. The molecular formula is C29H30FN3O2. The lowest BCUT2D eigenvalue weighted by atomic mass is 9.94. The van der Waals surface area contributed by atoms with Crippen molar-refractivity contribution in [3.8, 4) is 0 Å².